The number of aromatic nitrogens is 2. The van der Waals surface area contributed by atoms with Gasteiger partial charge in [0, 0.05) is 72.9 Å². The van der Waals surface area contributed by atoms with Crippen LogP contribution in [0.25, 0.3) is 11.1 Å². The summed E-state index contributed by atoms with van der Waals surface area (Å²) in [5.41, 5.74) is 6.96. The normalized spacial score (nSPS) is 16.4. The number of carbonyl (C=O) groups excluding carboxylic acids is 3. The predicted molar refractivity (Wildman–Crippen MR) is 184 cm³/mol. The quantitative estimate of drug-likeness (QED) is 0.147. The van der Waals surface area contributed by atoms with Crippen LogP contribution in [0.4, 0.5) is 20.4 Å². The average Bonchev–Trinajstić information content (AvgIpc) is 3.35. The van der Waals surface area contributed by atoms with Crippen LogP contribution < -0.4 is 25.8 Å². The molecule has 17 heteroatoms. The number of aliphatic carboxylic acids is 1. The molecule has 2 aromatic heterocycles. The molecular weight excluding hydrogens is 695 g/mol. The van der Waals surface area contributed by atoms with E-state index in [1.54, 1.807) is 11.8 Å². The van der Waals surface area contributed by atoms with Crippen molar-refractivity contribution < 1.29 is 42.5 Å². The Bertz CT molecular complexity index is 1740. The maximum absolute atomic E-state index is 14.9. The van der Waals surface area contributed by atoms with Crippen LogP contribution in [0.1, 0.15) is 31.2 Å². The molecule has 266 valence electrons. The third-order valence-corrected chi connectivity index (χ3v) is 9.98. The van der Waals surface area contributed by atoms with Gasteiger partial charge in [-0.3, -0.25) is 24.1 Å². The lowest BCUT2D eigenvalue weighted by molar-refractivity contribution is -0.139. The molecule has 4 heterocycles. The van der Waals surface area contributed by atoms with Crippen molar-refractivity contribution in [2.45, 2.75) is 42.7 Å². The van der Waals surface area contributed by atoms with Crippen molar-refractivity contribution >= 4 is 58.9 Å². The van der Waals surface area contributed by atoms with Crippen molar-refractivity contribution in [2.75, 3.05) is 43.1 Å². The Kier molecular flexibility index (Phi) is 12.8. The number of carbonyl (C=O) groups is 4. The van der Waals surface area contributed by atoms with Crippen molar-refractivity contribution in [3.05, 3.63) is 59.8 Å². The zero-order valence-electron chi connectivity index (χ0n) is 26.9. The van der Waals surface area contributed by atoms with E-state index in [9.17, 15) is 28.0 Å². The number of nitrogens with two attached hydrogens (primary N) is 1. The van der Waals surface area contributed by atoms with Gasteiger partial charge in [0.15, 0.2) is 0 Å². The second-order valence-electron chi connectivity index (χ2n) is 11.4. The Balaban J connectivity index is 1.09. The molecule has 50 heavy (non-hydrogen) atoms. The number of benzene rings is 1. The van der Waals surface area contributed by atoms with E-state index in [0.717, 1.165) is 28.4 Å². The van der Waals surface area contributed by atoms with Gasteiger partial charge in [0.1, 0.15) is 35.1 Å². The standard InChI is InChI=1S/C33H36F2N6O7S2/c34-20-4-5-21-22-14-27(38-16-23(22)35)39-28-11-19(12-30(40-28)48-9-2-8-47-25(21)13-20)17-49-10-6-37-29(42)3-1-7-41-31(43)15-26(32(41)44)50-18-24(36)33(45)46/h4-5,11-14,16,24,26H,1-3,6-10,15,17-18,36H2,(H,37,42)(H,45,46)(H,38,39,40)/t24-,26?/m0/s1. The first-order chi connectivity index (χ1) is 24.1. The highest BCUT2D eigenvalue weighted by Crippen LogP contribution is 2.35. The Morgan fingerprint density at radius 3 is 2.76 bits per heavy atom. The molecule has 0 saturated carbocycles. The summed E-state index contributed by atoms with van der Waals surface area (Å²) in [6, 6.07) is 7.95. The molecule has 2 aliphatic heterocycles. The number of imide groups is 1. The number of thioether (sulfide) groups is 2. The number of carboxylic acid groups (broad SMARTS) is 1. The highest BCUT2D eigenvalue weighted by molar-refractivity contribution is 8.00. The Labute approximate surface area is 295 Å². The largest absolute Gasteiger partial charge is 0.493 e. The number of nitrogens with zero attached hydrogens (tertiary/aromatic N) is 3. The lowest BCUT2D eigenvalue weighted by Gasteiger charge is -2.16. The van der Waals surface area contributed by atoms with Crippen LogP contribution in [-0.2, 0) is 24.9 Å². The van der Waals surface area contributed by atoms with Gasteiger partial charge in [0.2, 0.25) is 23.6 Å². The third-order valence-electron chi connectivity index (χ3n) is 7.62. The first-order valence-corrected chi connectivity index (χ1v) is 18.1. The number of likely N-dealkylation sites (tertiary alicyclic amines) is 1. The Hall–Kier alpha value is -4.48. The maximum atomic E-state index is 14.9. The fraction of sp³-hybridized carbons (Fsp3) is 0.394. The number of hydrogen-bond donors (Lipinski definition) is 4. The molecule has 2 aliphatic rings. The second kappa shape index (κ2) is 17.4. The summed E-state index contributed by atoms with van der Waals surface area (Å²) in [5, 5.41) is 14.2. The molecule has 2 atom stereocenters. The van der Waals surface area contributed by atoms with E-state index >= 15 is 0 Å². The first kappa shape index (κ1) is 36.8. The van der Waals surface area contributed by atoms with Gasteiger partial charge in [0.25, 0.3) is 0 Å². The van der Waals surface area contributed by atoms with Crippen LogP contribution in [0, 0.1) is 11.6 Å². The molecule has 4 bridgehead atoms. The molecule has 1 aromatic carbocycles. The van der Waals surface area contributed by atoms with Crippen LogP contribution in [0.3, 0.4) is 0 Å². The molecule has 0 aliphatic carbocycles. The number of carboxylic acids is 1. The molecule has 5 N–H and O–H groups in total. The average molecular weight is 731 g/mol. The SMILES string of the molecule is N[C@@H](CSC1CC(=O)N(CCCC(=O)NCCSCc2cc3nc(c2)OCCCOc2cc(F)ccc2-c2cc(ncc2F)N3)C1=O)C(=O)O. The molecule has 1 saturated heterocycles. The number of rotatable bonds is 13. The summed E-state index contributed by atoms with van der Waals surface area (Å²) in [4.78, 5) is 57.9. The van der Waals surface area contributed by atoms with E-state index in [-0.39, 0.29) is 67.4 Å². The van der Waals surface area contributed by atoms with E-state index in [4.69, 9.17) is 20.3 Å². The van der Waals surface area contributed by atoms with Crippen molar-refractivity contribution in [3.63, 3.8) is 0 Å². The van der Waals surface area contributed by atoms with Crippen LogP contribution in [0.15, 0.2) is 42.6 Å². The molecule has 3 amide bonds. The lowest BCUT2D eigenvalue weighted by atomic mass is 10.0. The minimum atomic E-state index is -1.17. The van der Waals surface area contributed by atoms with E-state index in [2.05, 4.69) is 20.6 Å². The smallest absolute Gasteiger partial charge is 0.321 e. The van der Waals surface area contributed by atoms with Gasteiger partial charge in [-0.15, -0.1) is 11.8 Å². The van der Waals surface area contributed by atoms with Crippen molar-refractivity contribution in [2.24, 2.45) is 5.73 Å². The molecule has 0 radical (unpaired) electrons. The summed E-state index contributed by atoms with van der Waals surface area (Å²) in [6.45, 7) is 1.00. The molecule has 3 aromatic rings. The van der Waals surface area contributed by atoms with E-state index in [1.165, 1.54) is 24.3 Å². The van der Waals surface area contributed by atoms with Crippen molar-refractivity contribution in [1.82, 2.24) is 20.2 Å². The molecular formula is C33H36F2N6O7S2. The van der Waals surface area contributed by atoms with E-state index < -0.39 is 28.9 Å². The van der Waals surface area contributed by atoms with Crippen LogP contribution in [0.5, 0.6) is 11.6 Å². The van der Waals surface area contributed by atoms with Gasteiger partial charge in [-0.05, 0) is 36.2 Å². The molecule has 13 nitrogen and oxygen atoms in total. The summed E-state index contributed by atoms with van der Waals surface area (Å²) >= 11 is 2.63. The minimum absolute atomic E-state index is 0.0147. The van der Waals surface area contributed by atoms with Gasteiger partial charge >= 0.3 is 5.97 Å². The zero-order valence-corrected chi connectivity index (χ0v) is 28.5. The number of fused-ring (bicyclic) bond motifs is 6. The zero-order chi connectivity index (χ0) is 35.6. The predicted octanol–water partition coefficient (Wildman–Crippen LogP) is 3.73. The monoisotopic (exact) mass is 730 g/mol. The molecule has 0 spiro atoms. The van der Waals surface area contributed by atoms with Gasteiger partial charge < -0.3 is 30.9 Å². The van der Waals surface area contributed by atoms with E-state index in [1.807, 2.05) is 12.1 Å². The van der Waals surface area contributed by atoms with Crippen LogP contribution in [-0.4, -0.2) is 92.8 Å². The first-order valence-electron chi connectivity index (χ1n) is 15.8. The highest BCUT2D eigenvalue weighted by Gasteiger charge is 2.38. The van der Waals surface area contributed by atoms with Crippen molar-refractivity contribution in [3.8, 4) is 22.8 Å². The molecule has 5 rings (SSSR count). The summed E-state index contributed by atoms with van der Waals surface area (Å²) in [6.07, 6.45) is 1.97. The lowest BCUT2D eigenvalue weighted by Crippen LogP contribution is -2.35. The van der Waals surface area contributed by atoms with E-state index in [0.29, 0.717) is 54.0 Å². The number of anilines is 2. The Morgan fingerprint density at radius 2 is 1.94 bits per heavy atom. The number of halogens is 2. The third kappa shape index (κ3) is 10.0. The van der Waals surface area contributed by atoms with Gasteiger partial charge in [-0.1, -0.05) is 0 Å². The summed E-state index contributed by atoms with van der Waals surface area (Å²) in [5.74, 6) is -0.659. The topological polar surface area (TPSA) is 186 Å². The molecule has 1 fully saturated rings. The summed E-state index contributed by atoms with van der Waals surface area (Å²) < 4.78 is 40.5. The fourth-order valence-corrected chi connectivity index (χ4v) is 7.03. The summed E-state index contributed by atoms with van der Waals surface area (Å²) in [7, 11) is 0. The Morgan fingerprint density at radius 1 is 1.12 bits per heavy atom. The molecule has 1 unspecified atom stereocenters. The van der Waals surface area contributed by atoms with Crippen LogP contribution >= 0.6 is 23.5 Å². The number of hydrogen-bond acceptors (Lipinski definition) is 12. The number of nitrogens with one attached hydrogen (secondary N) is 2. The van der Waals surface area contributed by atoms with Gasteiger partial charge in [-0.2, -0.15) is 16.7 Å². The highest BCUT2D eigenvalue weighted by atomic mass is 32.2. The second-order valence-corrected chi connectivity index (χ2v) is 13.8. The minimum Gasteiger partial charge on any atom is -0.493 e. The maximum Gasteiger partial charge on any atom is 0.321 e. The number of pyridine rings is 2. The fourth-order valence-electron chi connectivity index (χ4n) is 5.13. The van der Waals surface area contributed by atoms with Crippen LogP contribution in [0.2, 0.25) is 0 Å². The van der Waals surface area contributed by atoms with Crippen molar-refractivity contribution in [1.29, 1.82) is 0 Å². The number of amides is 3. The number of ether oxygens (including phenoxy) is 2. The van der Waals surface area contributed by atoms with Gasteiger partial charge in [0.05, 0.1) is 24.7 Å². The van der Waals surface area contributed by atoms with Gasteiger partial charge in [-0.25, -0.2) is 13.8 Å².